The Morgan fingerprint density at radius 1 is 1.14 bits per heavy atom. The summed E-state index contributed by atoms with van der Waals surface area (Å²) in [6, 6.07) is 22.0. The Morgan fingerprint density at radius 2 is 1.90 bits per heavy atom. The Labute approximate surface area is 246 Å². The van der Waals surface area contributed by atoms with E-state index < -0.39 is 23.7 Å². The molecule has 0 aliphatic carbocycles. The van der Waals surface area contributed by atoms with E-state index in [0.29, 0.717) is 47.3 Å². The highest BCUT2D eigenvalue weighted by atomic mass is 35.5. The van der Waals surface area contributed by atoms with Crippen LogP contribution in [0.5, 0.6) is 0 Å². The number of aromatic amines is 1. The topological polar surface area (TPSA) is 128 Å². The lowest BCUT2D eigenvalue weighted by molar-refractivity contribution is -0.133. The fourth-order valence-corrected chi connectivity index (χ4v) is 5.82. The Morgan fingerprint density at radius 3 is 2.64 bits per heavy atom. The fourth-order valence-electron chi connectivity index (χ4n) is 5.64. The largest absolute Gasteiger partial charge is 0.465 e. The van der Waals surface area contributed by atoms with Gasteiger partial charge in [0, 0.05) is 48.0 Å². The zero-order valence-corrected chi connectivity index (χ0v) is 23.5. The number of benzene rings is 3. The molecule has 214 valence electrons. The van der Waals surface area contributed by atoms with Crippen LogP contribution in [0, 0.1) is 0 Å². The zero-order chi connectivity index (χ0) is 29.4. The normalized spacial score (nSPS) is 18.2. The predicted molar refractivity (Wildman–Crippen MR) is 158 cm³/mol. The van der Waals surface area contributed by atoms with Gasteiger partial charge in [-0.05, 0) is 42.3 Å². The first-order chi connectivity index (χ1) is 20.2. The second-order valence-corrected chi connectivity index (χ2v) is 10.9. The van der Waals surface area contributed by atoms with Crippen LogP contribution in [0.2, 0.25) is 5.02 Å². The maximum Gasteiger partial charge on any atom is 0.412 e. The van der Waals surface area contributed by atoms with Gasteiger partial charge in [-0.3, -0.25) is 15.0 Å². The minimum atomic E-state index is -1.05. The molecular weight excluding hydrogens is 558 g/mol. The first kappa shape index (κ1) is 27.3. The number of rotatable bonds is 6. The lowest BCUT2D eigenvalue weighted by Crippen LogP contribution is -2.43. The monoisotopic (exact) mass is 585 g/mol. The Balaban J connectivity index is 1.29. The second kappa shape index (κ2) is 10.9. The molecule has 3 heterocycles. The van der Waals surface area contributed by atoms with E-state index >= 15 is 0 Å². The van der Waals surface area contributed by atoms with Gasteiger partial charge in [-0.25, -0.2) is 14.6 Å². The number of nitrogens with one attached hydrogen (secondary N) is 2. The summed E-state index contributed by atoms with van der Waals surface area (Å²) in [4.78, 5) is 48.8. The predicted octanol–water partition coefficient (Wildman–Crippen LogP) is 5.86. The van der Waals surface area contributed by atoms with E-state index in [0.717, 1.165) is 21.6 Å². The van der Waals surface area contributed by atoms with Crippen molar-refractivity contribution in [3.8, 4) is 11.3 Å². The molecule has 1 saturated heterocycles. The van der Waals surface area contributed by atoms with Crippen LogP contribution < -0.4 is 10.2 Å². The van der Waals surface area contributed by atoms with Gasteiger partial charge in [0.05, 0.1) is 17.9 Å². The van der Waals surface area contributed by atoms with E-state index in [1.165, 1.54) is 7.05 Å². The van der Waals surface area contributed by atoms with E-state index in [4.69, 9.17) is 21.3 Å². The summed E-state index contributed by atoms with van der Waals surface area (Å²) in [7, 11) is 1.48. The van der Waals surface area contributed by atoms with Crippen LogP contribution in [0.1, 0.15) is 29.3 Å². The molecule has 10 nitrogen and oxygen atoms in total. The van der Waals surface area contributed by atoms with Crippen molar-refractivity contribution in [2.75, 3.05) is 30.4 Å². The highest BCUT2D eigenvalue weighted by Crippen LogP contribution is 2.44. The molecule has 0 unspecified atom stereocenters. The number of fused-ring (bicyclic) bond motifs is 2. The van der Waals surface area contributed by atoms with Crippen LogP contribution in [0.25, 0.3) is 11.3 Å². The molecule has 42 heavy (non-hydrogen) atoms. The summed E-state index contributed by atoms with van der Waals surface area (Å²) in [5.74, 6) is -0.240. The average Bonchev–Trinajstić information content (AvgIpc) is 3.65. The van der Waals surface area contributed by atoms with Gasteiger partial charge in [-0.1, -0.05) is 54.1 Å². The number of imidazole rings is 1. The molecule has 3 amide bonds. The van der Waals surface area contributed by atoms with Crippen molar-refractivity contribution < 1.29 is 24.2 Å². The summed E-state index contributed by atoms with van der Waals surface area (Å²) in [5.41, 5.74) is 3.31. The van der Waals surface area contributed by atoms with Gasteiger partial charge in [0.1, 0.15) is 11.7 Å². The Bertz CT molecular complexity index is 1660. The maximum atomic E-state index is 14.2. The number of carbonyl (C=O) groups excluding carboxylic acids is 2. The number of carbonyl (C=O) groups is 3. The van der Waals surface area contributed by atoms with E-state index in [1.807, 2.05) is 30.3 Å². The first-order valence-corrected chi connectivity index (χ1v) is 13.9. The molecule has 1 spiro atoms. The van der Waals surface area contributed by atoms with E-state index in [2.05, 4.69) is 10.3 Å². The second-order valence-electron chi connectivity index (χ2n) is 10.5. The van der Waals surface area contributed by atoms with Gasteiger partial charge in [0.2, 0.25) is 5.91 Å². The molecule has 2 atom stereocenters. The number of hydrogen-bond donors (Lipinski definition) is 3. The number of nitrogens with zero attached hydrogens (tertiary/aromatic N) is 3. The summed E-state index contributed by atoms with van der Waals surface area (Å²) in [6.45, 7) is 0.597. The van der Waals surface area contributed by atoms with Crippen LogP contribution in [-0.2, 0) is 21.6 Å². The number of hydrogen-bond acceptors (Lipinski definition) is 5. The smallest absolute Gasteiger partial charge is 0.412 e. The third-order valence-electron chi connectivity index (χ3n) is 7.89. The molecule has 0 saturated carbocycles. The Hall–Kier alpha value is -4.83. The van der Waals surface area contributed by atoms with Crippen LogP contribution in [-0.4, -0.2) is 58.2 Å². The molecular formula is C31H28ClN5O5. The molecule has 11 heteroatoms. The van der Waals surface area contributed by atoms with Crippen molar-refractivity contribution in [3.05, 3.63) is 101 Å². The average molecular weight is 586 g/mol. The third kappa shape index (κ3) is 5.16. The minimum absolute atomic E-state index is 0.131. The molecule has 3 N–H and O–H groups in total. The third-order valence-corrected chi connectivity index (χ3v) is 8.12. The fraction of sp³-hybridized carbons (Fsp3) is 0.226. The van der Waals surface area contributed by atoms with Crippen molar-refractivity contribution in [2.45, 2.75) is 24.4 Å². The number of aromatic nitrogens is 2. The van der Waals surface area contributed by atoms with Crippen LogP contribution in [0.3, 0.4) is 0 Å². The SMILES string of the molecule is CN(C(=O)O)c1ccc(-c2c[nH]c([C@@H](Cc3ccccc3)C(=O)N3CC[C@@]4(C3)OC(=O)Nc3ccc(Cl)cc34)n2)cc1. The minimum Gasteiger partial charge on any atom is -0.465 e. The number of anilines is 2. The molecule has 1 fully saturated rings. The van der Waals surface area contributed by atoms with E-state index in [1.54, 1.807) is 53.6 Å². The lowest BCUT2D eigenvalue weighted by atomic mass is 9.90. The van der Waals surface area contributed by atoms with Crippen LogP contribution in [0.4, 0.5) is 21.0 Å². The maximum absolute atomic E-state index is 14.2. The van der Waals surface area contributed by atoms with Gasteiger partial charge in [-0.2, -0.15) is 0 Å². The summed E-state index contributed by atoms with van der Waals surface area (Å²) >= 11 is 6.30. The quantitative estimate of drug-likeness (QED) is 0.260. The zero-order valence-electron chi connectivity index (χ0n) is 22.7. The number of halogens is 1. The van der Waals surface area contributed by atoms with Crippen LogP contribution in [0.15, 0.2) is 79.0 Å². The number of H-pyrrole nitrogens is 1. The number of amides is 3. The van der Waals surface area contributed by atoms with Crippen LogP contribution >= 0.6 is 11.6 Å². The molecule has 4 aromatic rings. The molecule has 2 aliphatic heterocycles. The summed E-state index contributed by atoms with van der Waals surface area (Å²) in [6.07, 6.45) is 0.993. The van der Waals surface area contributed by atoms with Crippen molar-refractivity contribution >= 4 is 41.1 Å². The molecule has 2 aliphatic rings. The number of likely N-dealkylation sites (tertiary alicyclic amines) is 1. The first-order valence-electron chi connectivity index (χ1n) is 13.5. The van der Waals surface area contributed by atoms with E-state index in [9.17, 15) is 19.5 Å². The summed E-state index contributed by atoms with van der Waals surface area (Å²) < 4.78 is 5.84. The van der Waals surface area contributed by atoms with Gasteiger partial charge >= 0.3 is 12.2 Å². The molecule has 0 radical (unpaired) electrons. The molecule has 3 aromatic carbocycles. The number of carboxylic acid groups (broad SMARTS) is 1. The van der Waals surface area contributed by atoms with Crippen molar-refractivity contribution in [2.24, 2.45) is 0 Å². The lowest BCUT2D eigenvalue weighted by Gasteiger charge is -2.35. The van der Waals surface area contributed by atoms with Crippen molar-refractivity contribution in [1.82, 2.24) is 14.9 Å². The molecule has 6 rings (SSSR count). The van der Waals surface area contributed by atoms with Crippen molar-refractivity contribution in [1.29, 1.82) is 0 Å². The van der Waals surface area contributed by atoms with Crippen molar-refractivity contribution in [3.63, 3.8) is 0 Å². The van der Waals surface area contributed by atoms with E-state index in [-0.39, 0.29) is 12.5 Å². The van der Waals surface area contributed by atoms with Gasteiger partial charge in [-0.15, -0.1) is 0 Å². The van der Waals surface area contributed by atoms with Gasteiger partial charge in [0.15, 0.2) is 5.60 Å². The highest BCUT2D eigenvalue weighted by Gasteiger charge is 2.49. The van der Waals surface area contributed by atoms with Gasteiger partial charge in [0.25, 0.3) is 0 Å². The molecule has 0 bridgehead atoms. The number of ether oxygens (including phenoxy) is 1. The summed E-state index contributed by atoms with van der Waals surface area (Å²) in [5, 5.41) is 12.5. The Kier molecular flexibility index (Phi) is 7.07. The highest BCUT2D eigenvalue weighted by molar-refractivity contribution is 6.30. The van der Waals surface area contributed by atoms with Gasteiger partial charge < -0.3 is 19.7 Å². The standard InChI is InChI=1S/C31H28ClN5O5/c1-36(30(40)41)22-10-7-20(8-11-22)26-17-33-27(34-26)23(15-19-5-3-2-4-6-19)28(38)37-14-13-31(18-37)24-16-21(32)9-12-25(24)35-29(39)42-31/h2-12,16-17,23H,13-15,18H2,1H3,(H,33,34)(H,35,39)(H,40,41)/t23-,31+/m1/s1. The molecule has 1 aromatic heterocycles.